The van der Waals surface area contributed by atoms with Crippen LogP contribution in [0.15, 0.2) is 12.7 Å². The van der Waals surface area contributed by atoms with Crippen LogP contribution in [-0.2, 0) is 0 Å². The van der Waals surface area contributed by atoms with Crippen molar-refractivity contribution in [1.82, 2.24) is 25.3 Å². The van der Waals surface area contributed by atoms with E-state index in [0.29, 0.717) is 6.04 Å². The highest BCUT2D eigenvalue weighted by atomic mass is 15.3. The van der Waals surface area contributed by atoms with Crippen LogP contribution >= 0.6 is 0 Å². The molecule has 0 amide bonds. The molecule has 4 rings (SSSR count). The molecule has 4 heterocycles. The summed E-state index contributed by atoms with van der Waals surface area (Å²) in [6, 6.07) is 0.571. The molecular weight excluding hydrogens is 240 g/mol. The first kappa shape index (κ1) is 11.2. The molecule has 3 unspecified atom stereocenters. The average Bonchev–Trinajstić information content (AvgIpc) is 3.12. The molecule has 0 saturated carbocycles. The summed E-state index contributed by atoms with van der Waals surface area (Å²) < 4.78 is 0. The predicted molar refractivity (Wildman–Crippen MR) is 73.0 cm³/mol. The van der Waals surface area contributed by atoms with Crippen LogP contribution < -0.4 is 10.2 Å². The Morgan fingerprint density at radius 1 is 1.32 bits per heavy atom. The van der Waals surface area contributed by atoms with Crippen LogP contribution in [0.1, 0.15) is 13.3 Å². The molecule has 2 aliphatic rings. The molecule has 6 nitrogen and oxygen atoms in total. The minimum Gasteiger partial charge on any atom is -0.351 e. The number of fused-ring (bicyclic) bond motifs is 2. The minimum atomic E-state index is 0.571. The van der Waals surface area contributed by atoms with Crippen LogP contribution in [0.2, 0.25) is 0 Å². The molecule has 100 valence electrons. The highest BCUT2D eigenvalue weighted by molar-refractivity contribution is 5.83. The molecule has 0 spiro atoms. The van der Waals surface area contributed by atoms with E-state index in [1.165, 1.54) is 0 Å². The van der Waals surface area contributed by atoms with Gasteiger partial charge in [0.05, 0.1) is 6.33 Å². The number of imidazole rings is 1. The van der Waals surface area contributed by atoms with Gasteiger partial charge < -0.3 is 15.2 Å². The third-order valence-corrected chi connectivity index (χ3v) is 4.61. The van der Waals surface area contributed by atoms with Crippen LogP contribution in [0, 0.1) is 11.8 Å². The van der Waals surface area contributed by atoms with Gasteiger partial charge in [-0.1, -0.05) is 6.92 Å². The third kappa shape index (κ3) is 1.56. The van der Waals surface area contributed by atoms with E-state index in [2.05, 4.69) is 37.1 Å². The molecule has 0 aliphatic carbocycles. The van der Waals surface area contributed by atoms with E-state index in [1.54, 1.807) is 12.7 Å². The van der Waals surface area contributed by atoms with Crippen LogP contribution in [0.4, 0.5) is 5.82 Å². The Bertz CT molecular complexity index is 594. The maximum Gasteiger partial charge on any atom is 0.182 e. The lowest BCUT2D eigenvalue weighted by Gasteiger charge is -2.27. The molecule has 2 fully saturated rings. The third-order valence-electron chi connectivity index (χ3n) is 4.61. The van der Waals surface area contributed by atoms with E-state index in [-0.39, 0.29) is 0 Å². The number of aromatic amines is 1. The molecule has 3 atom stereocenters. The van der Waals surface area contributed by atoms with Gasteiger partial charge in [-0.15, -0.1) is 0 Å². The van der Waals surface area contributed by atoms with Crippen LogP contribution in [-0.4, -0.2) is 45.6 Å². The molecule has 0 radical (unpaired) electrons. The number of hydrogen-bond donors (Lipinski definition) is 2. The van der Waals surface area contributed by atoms with Gasteiger partial charge in [-0.2, -0.15) is 0 Å². The first-order chi connectivity index (χ1) is 9.38. The van der Waals surface area contributed by atoms with Crippen molar-refractivity contribution >= 4 is 17.0 Å². The number of hydrogen-bond acceptors (Lipinski definition) is 5. The van der Waals surface area contributed by atoms with E-state index in [1.807, 2.05) is 0 Å². The molecule has 2 aliphatic heterocycles. The lowest BCUT2D eigenvalue weighted by Crippen LogP contribution is -2.35. The Hall–Kier alpha value is -1.69. The van der Waals surface area contributed by atoms with Gasteiger partial charge in [-0.25, -0.2) is 15.0 Å². The second kappa shape index (κ2) is 4.16. The monoisotopic (exact) mass is 258 g/mol. The Morgan fingerprint density at radius 2 is 2.26 bits per heavy atom. The van der Waals surface area contributed by atoms with Gasteiger partial charge in [-0.3, -0.25) is 0 Å². The summed E-state index contributed by atoms with van der Waals surface area (Å²) in [5.74, 6) is 2.51. The van der Waals surface area contributed by atoms with Crippen molar-refractivity contribution in [2.75, 3.05) is 24.5 Å². The number of nitrogens with zero attached hydrogens (tertiary/aromatic N) is 4. The first-order valence-electron chi connectivity index (χ1n) is 7.00. The molecule has 0 bridgehead atoms. The maximum absolute atomic E-state index is 4.51. The zero-order valence-electron chi connectivity index (χ0n) is 11.0. The second-order valence-electron chi connectivity index (χ2n) is 5.51. The van der Waals surface area contributed by atoms with E-state index in [0.717, 1.165) is 54.9 Å². The summed E-state index contributed by atoms with van der Waals surface area (Å²) in [4.78, 5) is 18.6. The van der Waals surface area contributed by atoms with Crippen LogP contribution in [0.25, 0.3) is 11.2 Å². The molecular formula is C13H18N6. The van der Waals surface area contributed by atoms with E-state index < -0.39 is 0 Å². The van der Waals surface area contributed by atoms with Crippen LogP contribution in [0.3, 0.4) is 0 Å². The fourth-order valence-corrected chi connectivity index (χ4v) is 3.76. The topological polar surface area (TPSA) is 69.7 Å². The smallest absolute Gasteiger partial charge is 0.182 e. The summed E-state index contributed by atoms with van der Waals surface area (Å²) in [6.07, 6.45) is 4.47. The van der Waals surface area contributed by atoms with E-state index in [9.17, 15) is 0 Å². The Kier molecular flexibility index (Phi) is 2.44. The summed E-state index contributed by atoms with van der Waals surface area (Å²) in [6.45, 7) is 5.62. The molecule has 2 saturated heterocycles. The van der Waals surface area contributed by atoms with Crippen molar-refractivity contribution in [3.05, 3.63) is 12.7 Å². The maximum atomic E-state index is 4.51. The number of rotatable bonds is 2. The highest BCUT2D eigenvalue weighted by Gasteiger charge is 2.44. The predicted octanol–water partition coefficient (Wildman–Crippen LogP) is 0.787. The number of nitrogens with one attached hydrogen (secondary N) is 2. The fraction of sp³-hybridized carbons (Fsp3) is 0.615. The van der Waals surface area contributed by atoms with Crippen LogP contribution in [0.5, 0.6) is 0 Å². The quantitative estimate of drug-likeness (QED) is 0.833. The molecule has 2 aromatic heterocycles. The zero-order chi connectivity index (χ0) is 12.8. The van der Waals surface area contributed by atoms with Crippen molar-refractivity contribution in [1.29, 1.82) is 0 Å². The van der Waals surface area contributed by atoms with Gasteiger partial charge in [0.1, 0.15) is 11.8 Å². The van der Waals surface area contributed by atoms with Crippen molar-refractivity contribution in [3.8, 4) is 0 Å². The summed E-state index contributed by atoms with van der Waals surface area (Å²) in [7, 11) is 0. The van der Waals surface area contributed by atoms with Gasteiger partial charge in [-0.05, 0) is 18.3 Å². The molecule has 6 heteroatoms. The van der Waals surface area contributed by atoms with Gasteiger partial charge in [0, 0.05) is 25.7 Å². The standard InChI is InChI=1S/C13H18N6/c1-2-10-9-4-14-3-8(9)5-19(10)13-11-12(16-6-15-11)17-7-18-13/h6-10,14H,2-5H2,1H3,(H,15,16,17,18). The Morgan fingerprint density at radius 3 is 3.16 bits per heavy atom. The number of aromatic nitrogens is 4. The summed E-state index contributed by atoms with van der Waals surface area (Å²) in [5, 5.41) is 3.51. The average molecular weight is 258 g/mol. The number of anilines is 1. The molecule has 2 aromatic rings. The van der Waals surface area contributed by atoms with E-state index in [4.69, 9.17) is 0 Å². The van der Waals surface area contributed by atoms with Crippen molar-refractivity contribution in [2.24, 2.45) is 11.8 Å². The van der Waals surface area contributed by atoms with Crippen molar-refractivity contribution in [2.45, 2.75) is 19.4 Å². The highest BCUT2D eigenvalue weighted by Crippen LogP contribution is 2.38. The normalized spacial score (nSPS) is 30.2. The zero-order valence-corrected chi connectivity index (χ0v) is 11.0. The Labute approximate surface area is 111 Å². The largest absolute Gasteiger partial charge is 0.351 e. The molecule has 0 aromatic carbocycles. The van der Waals surface area contributed by atoms with Crippen molar-refractivity contribution in [3.63, 3.8) is 0 Å². The van der Waals surface area contributed by atoms with Gasteiger partial charge in [0.15, 0.2) is 11.5 Å². The van der Waals surface area contributed by atoms with E-state index >= 15 is 0 Å². The van der Waals surface area contributed by atoms with Gasteiger partial charge in [0.2, 0.25) is 0 Å². The summed E-state index contributed by atoms with van der Waals surface area (Å²) >= 11 is 0. The SMILES string of the molecule is CCC1C2CNCC2CN1c1ncnc2nc[nH]c12. The molecule has 2 N–H and O–H groups in total. The first-order valence-corrected chi connectivity index (χ1v) is 7.00. The lowest BCUT2D eigenvalue weighted by molar-refractivity contribution is 0.441. The molecule has 19 heavy (non-hydrogen) atoms. The second-order valence-corrected chi connectivity index (χ2v) is 5.51. The fourth-order valence-electron chi connectivity index (χ4n) is 3.76. The van der Waals surface area contributed by atoms with Gasteiger partial charge in [0.25, 0.3) is 0 Å². The lowest BCUT2D eigenvalue weighted by atomic mass is 9.93. The number of H-pyrrole nitrogens is 1. The Balaban J connectivity index is 1.77. The van der Waals surface area contributed by atoms with Gasteiger partial charge >= 0.3 is 0 Å². The minimum absolute atomic E-state index is 0.571. The summed E-state index contributed by atoms with van der Waals surface area (Å²) in [5.41, 5.74) is 1.73. The van der Waals surface area contributed by atoms with Crippen molar-refractivity contribution < 1.29 is 0 Å².